The van der Waals surface area contributed by atoms with E-state index in [2.05, 4.69) is 19.2 Å². The van der Waals surface area contributed by atoms with Gasteiger partial charge in [-0.1, -0.05) is 26.7 Å². The zero-order valence-corrected chi connectivity index (χ0v) is 14.8. The quantitative estimate of drug-likeness (QED) is 0.872. The second-order valence-electron chi connectivity index (χ2n) is 7.53. The fraction of sp³-hybridized carbons (Fsp3) is 0.706. The molecule has 1 N–H and O–H groups in total. The number of nitrogens with zero attached hydrogens (tertiary/aromatic N) is 3. The molecule has 1 spiro atoms. The monoisotopic (exact) mass is 334 g/mol. The Kier molecular flexibility index (Phi) is 4.15. The van der Waals surface area contributed by atoms with Crippen molar-refractivity contribution < 1.29 is 4.79 Å². The minimum Gasteiger partial charge on any atom is -0.321 e. The van der Waals surface area contributed by atoms with Crippen LogP contribution in [-0.4, -0.2) is 32.0 Å². The maximum absolute atomic E-state index is 13.1. The Balaban J connectivity index is 2.09. The molecule has 0 bridgehead atoms. The Bertz CT molecular complexity index is 771. The van der Waals surface area contributed by atoms with Crippen LogP contribution in [0.15, 0.2) is 15.8 Å². The molecule has 0 aromatic carbocycles. The van der Waals surface area contributed by atoms with Gasteiger partial charge in [-0.3, -0.25) is 19.5 Å². The molecule has 132 valence electrons. The summed E-state index contributed by atoms with van der Waals surface area (Å²) < 4.78 is 2.50. The molecule has 2 heterocycles. The lowest BCUT2D eigenvalue weighted by Crippen LogP contribution is -2.45. The minimum absolute atomic E-state index is 0.0922. The van der Waals surface area contributed by atoms with Gasteiger partial charge in [0, 0.05) is 26.8 Å². The Hall–Kier alpha value is -1.89. The number of carbonyl (C=O) groups is 1. The average molecular weight is 334 g/mol. The van der Waals surface area contributed by atoms with Crippen LogP contribution in [0.5, 0.6) is 0 Å². The van der Waals surface area contributed by atoms with Crippen molar-refractivity contribution in [2.24, 2.45) is 20.0 Å². The van der Waals surface area contributed by atoms with Crippen LogP contribution in [0, 0.1) is 5.92 Å². The van der Waals surface area contributed by atoms with E-state index in [1.807, 2.05) is 0 Å². The summed E-state index contributed by atoms with van der Waals surface area (Å²) in [4.78, 5) is 39.5. The van der Waals surface area contributed by atoms with Crippen LogP contribution in [0.3, 0.4) is 0 Å². The fourth-order valence-electron chi connectivity index (χ4n) is 3.98. The van der Waals surface area contributed by atoms with E-state index in [-0.39, 0.29) is 17.2 Å². The normalized spacial score (nSPS) is 23.0. The number of hydrogen-bond donors (Lipinski definition) is 1. The second-order valence-corrected chi connectivity index (χ2v) is 7.53. The molecule has 0 radical (unpaired) electrons. The third kappa shape index (κ3) is 2.51. The first-order valence-electron chi connectivity index (χ1n) is 8.62. The molecule has 1 aliphatic carbocycles. The smallest absolute Gasteiger partial charge is 0.321 e. The summed E-state index contributed by atoms with van der Waals surface area (Å²) in [6.45, 7) is 4.70. The first-order chi connectivity index (χ1) is 11.3. The molecule has 1 atom stereocenters. The Morgan fingerprint density at radius 3 is 2.42 bits per heavy atom. The molecule has 24 heavy (non-hydrogen) atoms. The van der Waals surface area contributed by atoms with Crippen molar-refractivity contribution in [3.8, 4) is 0 Å². The van der Waals surface area contributed by atoms with E-state index in [0.717, 1.165) is 30.3 Å². The molecule has 1 amide bonds. The summed E-state index contributed by atoms with van der Waals surface area (Å²) in [5.74, 6) is 0.390. The summed E-state index contributed by atoms with van der Waals surface area (Å²) in [5.41, 5.74) is -0.789. The third-order valence-corrected chi connectivity index (χ3v) is 5.18. The summed E-state index contributed by atoms with van der Waals surface area (Å²) in [6, 6.07) is 0. The number of hydrogen-bond acceptors (Lipinski definition) is 4. The van der Waals surface area contributed by atoms with Crippen molar-refractivity contribution in [3.05, 3.63) is 32.6 Å². The SMILES string of the molecule is CC(C)CN1C(=O)C2(CCCC2)NC1c1cn(C)c(=O)n(C)c1=O. The molecular weight excluding hydrogens is 308 g/mol. The van der Waals surface area contributed by atoms with E-state index in [9.17, 15) is 14.4 Å². The molecule has 1 aliphatic heterocycles. The Morgan fingerprint density at radius 1 is 1.21 bits per heavy atom. The maximum Gasteiger partial charge on any atom is 0.330 e. The van der Waals surface area contributed by atoms with Crippen LogP contribution in [-0.2, 0) is 18.9 Å². The van der Waals surface area contributed by atoms with Gasteiger partial charge in [-0.25, -0.2) is 4.79 Å². The van der Waals surface area contributed by atoms with E-state index in [4.69, 9.17) is 0 Å². The molecule has 1 aromatic rings. The van der Waals surface area contributed by atoms with Crippen molar-refractivity contribution >= 4 is 5.91 Å². The number of aryl methyl sites for hydroxylation is 1. The number of amides is 1. The van der Waals surface area contributed by atoms with Gasteiger partial charge in [0.15, 0.2) is 0 Å². The van der Waals surface area contributed by atoms with Crippen LogP contribution >= 0.6 is 0 Å². The lowest BCUT2D eigenvalue weighted by atomic mass is 9.98. The first kappa shape index (κ1) is 17.0. The zero-order valence-electron chi connectivity index (χ0n) is 14.8. The zero-order chi connectivity index (χ0) is 17.6. The maximum atomic E-state index is 13.1. The molecule has 7 heteroatoms. The van der Waals surface area contributed by atoms with Gasteiger partial charge in [-0.2, -0.15) is 0 Å². The van der Waals surface area contributed by atoms with Crippen LogP contribution in [0.1, 0.15) is 51.3 Å². The molecule has 1 saturated carbocycles. The molecule has 2 fully saturated rings. The largest absolute Gasteiger partial charge is 0.330 e. The number of aromatic nitrogens is 2. The lowest BCUT2D eigenvalue weighted by molar-refractivity contribution is -0.133. The summed E-state index contributed by atoms with van der Waals surface area (Å²) >= 11 is 0. The van der Waals surface area contributed by atoms with E-state index < -0.39 is 11.7 Å². The number of rotatable bonds is 3. The van der Waals surface area contributed by atoms with Gasteiger partial charge in [0.05, 0.1) is 11.1 Å². The summed E-state index contributed by atoms with van der Waals surface area (Å²) in [5, 5.41) is 3.45. The van der Waals surface area contributed by atoms with Crippen LogP contribution in [0.25, 0.3) is 0 Å². The molecule has 3 rings (SSSR count). The van der Waals surface area contributed by atoms with E-state index in [1.54, 1.807) is 18.1 Å². The van der Waals surface area contributed by atoms with Gasteiger partial charge in [-0.05, 0) is 18.8 Å². The average Bonchev–Trinajstić information content (AvgIpc) is 3.10. The van der Waals surface area contributed by atoms with Crippen molar-refractivity contribution in [3.63, 3.8) is 0 Å². The van der Waals surface area contributed by atoms with E-state index in [1.165, 1.54) is 11.6 Å². The first-order valence-corrected chi connectivity index (χ1v) is 8.62. The van der Waals surface area contributed by atoms with Gasteiger partial charge in [0.2, 0.25) is 5.91 Å². The highest BCUT2D eigenvalue weighted by Gasteiger charge is 2.53. The van der Waals surface area contributed by atoms with Gasteiger partial charge in [-0.15, -0.1) is 0 Å². The summed E-state index contributed by atoms with van der Waals surface area (Å²) in [7, 11) is 3.10. The number of carbonyl (C=O) groups excluding carboxylic acids is 1. The van der Waals surface area contributed by atoms with Gasteiger partial charge >= 0.3 is 5.69 Å². The van der Waals surface area contributed by atoms with Crippen molar-refractivity contribution in [1.29, 1.82) is 0 Å². The molecular formula is C17H26N4O3. The Labute approximate surface area is 141 Å². The van der Waals surface area contributed by atoms with Gasteiger partial charge in [0.1, 0.15) is 6.17 Å². The predicted octanol–water partition coefficient (Wildman–Crippen LogP) is 0.483. The van der Waals surface area contributed by atoms with E-state index in [0.29, 0.717) is 18.0 Å². The van der Waals surface area contributed by atoms with Crippen LogP contribution in [0.2, 0.25) is 0 Å². The van der Waals surface area contributed by atoms with Crippen molar-refractivity contribution in [1.82, 2.24) is 19.4 Å². The predicted molar refractivity (Wildman–Crippen MR) is 90.6 cm³/mol. The molecule has 1 aromatic heterocycles. The van der Waals surface area contributed by atoms with Crippen molar-refractivity contribution in [2.75, 3.05) is 6.54 Å². The lowest BCUT2D eigenvalue weighted by Gasteiger charge is -2.26. The van der Waals surface area contributed by atoms with Crippen LogP contribution < -0.4 is 16.6 Å². The Morgan fingerprint density at radius 2 is 1.83 bits per heavy atom. The summed E-state index contributed by atoms with van der Waals surface area (Å²) in [6.07, 6.45) is 4.75. The molecule has 1 saturated heterocycles. The highest BCUT2D eigenvalue weighted by Crippen LogP contribution is 2.40. The third-order valence-electron chi connectivity index (χ3n) is 5.18. The minimum atomic E-state index is -0.542. The number of nitrogens with one attached hydrogen (secondary N) is 1. The van der Waals surface area contributed by atoms with Gasteiger partial charge in [0.25, 0.3) is 5.56 Å². The molecule has 1 unspecified atom stereocenters. The van der Waals surface area contributed by atoms with E-state index >= 15 is 0 Å². The van der Waals surface area contributed by atoms with Crippen molar-refractivity contribution in [2.45, 2.75) is 51.2 Å². The standard InChI is InChI=1S/C17H26N4O3/c1-11(2)9-21-13(18-17(15(21)23)7-5-6-8-17)12-10-19(3)16(24)20(4)14(12)22/h10-11,13,18H,5-9H2,1-4H3. The topological polar surface area (TPSA) is 76.3 Å². The molecule has 2 aliphatic rings. The fourth-order valence-corrected chi connectivity index (χ4v) is 3.98. The highest BCUT2D eigenvalue weighted by atomic mass is 16.2. The second kappa shape index (κ2) is 5.88. The highest BCUT2D eigenvalue weighted by molar-refractivity contribution is 5.89. The van der Waals surface area contributed by atoms with Gasteiger partial charge < -0.3 is 9.47 Å². The van der Waals surface area contributed by atoms with Crippen LogP contribution in [0.4, 0.5) is 0 Å². The molecule has 7 nitrogen and oxygen atoms in total.